The van der Waals surface area contributed by atoms with Crippen LogP contribution in [-0.2, 0) is 6.54 Å². The van der Waals surface area contributed by atoms with Crippen molar-refractivity contribution >= 4 is 17.7 Å². The Balaban J connectivity index is 1.66. The summed E-state index contributed by atoms with van der Waals surface area (Å²) in [6, 6.07) is 12.9. The van der Waals surface area contributed by atoms with Gasteiger partial charge in [0, 0.05) is 30.2 Å². The molecule has 0 saturated heterocycles. The number of rotatable bonds is 8. The highest BCUT2D eigenvalue weighted by Crippen LogP contribution is 2.28. The number of imidazole rings is 1. The van der Waals surface area contributed by atoms with Crippen LogP contribution in [0.1, 0.15) is 15.9 Å². The quantitative estimate of drug-likeness (QED) is 0.457. The SMILES string of the molecule is C#CCOc1cc(CNC(=O)c2ccc(-n3ccnc3SC)cc2)ccc1OC. The fourth-order valence-corrected chi connectivity index (χ4v) is 3.29. The molecule has 2 aromatic carbocycles. The van der Waals surface area contributed by atoms with E-state index in [1.54, 1.807) is 43.3 Å². The number of nitrogens with zero attached hydrogens (tertiary/aromatic N) is 2. The van der Waals surface area contributed by atoms with Gasteiger partial charge in [-0.15, -0.1) is 6.42 Å². The number of hydrogen-bond acceptors (Lipinski definition) is 5. The fourth-order valence-electron chi connectivity index (χ4n) is 2.76. The second-order valence-electron chi connectivity index (χ2n) is 5.99. The first kappa shape index (κ1) is 20.4. The zero-order chi connectivity index (χ0) is 20.6. The molecular weight excluding hydrogens is 386 g/mol. The normalized spacial score (nSPS) is 10.2. The predicted octanol–water partition coefficient (Wildman–Crippen LogP) is 3.54. The van der Waals surface area contributed by atoms with E-state index in [4.69, 9.17) is 15.9 Å². The van der Waals surface area contributed by atoms with Crippen LogP contribution in [0.15, 0.2) is 60.0 Å². The van der Waals surface area contributed by atoms with Crippen LogP contribution in [0.2, 0.25) is 0 Å². The predicted molar refractivity (Wildman–Crippen MR) is 114 cm³/mol. The monoisotopic (exact) mass is 407 g/mol. The van der Waals surface area contributed by atoms with Gasteiger partial charge in [0.2, 0.25) is 0 Å². The highest BCUT2D eigenvalue weighted by molar-refractivity contribution is 7.98. The number of nitrogens with one attached hydrogen (secondary N) is 1. The van der Waals surface area contributed by atoms with E-state index < -0.39 is 0 Å². The standard InChI is InChI=1S/C22H21N3O3S/c1-4-13-28-20-14-16(5-10-19(20)27-2)15-24-21(26)17-6-8-18(9-7-17)25-12-11-23-22(25)29-3/h1,5-12,14H,13,15H2,2-3H3,(H,24,26). The average Bonchev–Trinajstić information content (AvgIpc) is 3.25. The Morgan fingerprint density at radius 2 is 2.03 bits per heavy atom. The van der Waals surface area contributed by atoms with Crippen LogP contribution >= 0.6 is 11.8 Å². The van der Waals surface area contributed by atoms with Gasteiger partial charge in [-0.05, 0) is 48.2 Å². The molecule has 1 N–H and O–H groups in total. The molecule has 1 amide bonds. The van der Waals surface area contributed by atoms with Crippen LogP contribution in [0.5, 0.6) is 11.5 Å². The molecular formula is C22H21N3O3S. The smallest absolute Gasteiger partial charge is 0.251 e. The summed E-state index contributed by atoms with van der Waals surface area (Å²) in [7, 11) is 1.56. The Kier molecular flexibility index (Phi) is 6.82. The largest absolute Gasteiger partial charge is 0.493 e. The van der Waals surface area contributed by atoms with Gasteiger partial charge in [-0.2, -0.15) is 0 Å². The van der Waals surface area contributed by atoms with E-state index in [2.05, 4.69) is 16.2 Å². The van der Waals surface area contributed by atoms with Crippen LogP contribution in [0.25, 0.3) is 5.69 Å². The summed E-state index contributed by atoms with van der Waals surface area (Å²) < 4.78 is 12.7. The van der Waals surface area contributed by atoms with Crippen LogP contribution in [0.4, 0.5) is 0 Å². The van der Waals surface area contributed by atoms with Crippen molar-refractivity contribution in [3.05, 3.63) is 66.0 Å². The number of amides is 1. The Labute approximate surface area is 174 Å². The lowest BCUT2D eigenvalue weighted by molar-refractivity contribution is 0.0951. The number of methoxy groups -OCH3 is 1. The highest BCUT2D eigenvalue weighted by atomic mass is 32.2. The Bertz CT molecular complexity index is 1020. The summed E-state index contributed by atoms with van der Waals surface area (Å²) in [5, 5.41) is 3.81. The van der Waals surface area contributed by atoms with Crippen molar-refractivity contribution in [2.45, 2.75) is 11.7 Å². The molecule has 7 heteroatoms. The number of benzene rings is 2. The summed E-state index contributed by atoms with van der Waals surface area (Å²) in [5.74, 6) is 3.41. The van der Waals surface area contributed by atoms with Crippen molar-refractivity contribution in [3.8, 4) is 29.5 Å². The van der Waals surface area contributed by atoms with Crippen molar-refractivity contribution < 1.29 is 14.3 Å². The molecule has 6 nitrogen and oxygen atoms in total. The number of carbonyl (C=O) groups is 1. The molecule has 0 saturated carbocycles. The summed E-state index contributed by atoms with van der Waals surface area (Å²) in [5.41, 5.74) is 2.41. The molecule has 3 aromatic rings. The molecule has 0 aliphatic carbocycles. The number of aromatic nitrogens is 2. The van der Waals surface area contributed by atoms with E-state index in [1.807, 2.05) is 41.3 Å². The van der Waals surface area contributed by atoms with Gasteiger partial charge < -0.3 is 14.8 Å². The molecule has 3 rings (SSSR count). The third-order valence-electron chi connectivity index (χ3n) is 4.19. The maximum Gasteiger partial charge on any atom is 0.251 e. The Hall–Kier alpha value is -3.37. The second kappa shape index (κ2) is 9.71. The Morgan fingerprint density at radius 3 is 2.72 bits per heavy atom. The number of hydrogen-bond donors (Lipinski definition) is 1. The highest BCUT2D eigenvalue weighted by Gasteiger charge is 2.10. The van der Waals surface area contributed by atoms with Crippen molar-refractivity contribution in [1.29, 1.82) is 0 Å². The van der Waals surface area contributed by atoms with Crippen LogP contribution in [-0.4, -0.2) is 35.4 Å². The van der Waals surface area contributed by atoms with Crippen molar-refractivity contribution in [3.63, 3.8) is 0 Å². The topological polar surface area (TPSA) is 65.4 Å². The number of thioether (sulfide) groups is 1. The minimum Gasteiger partial charge on any atom is -0.493 e. The summed E-state index contributed by atoms with van der Waals surface area (Å²) in [6.07, 6.45) is 10.9. The lowest BCUT2D eigenvalue weighted by atomic mass is 10.1. The lowest BCUT2D eigenvalue weighted by Gasteiger charge is -2.12. The summed E-state index contributed by atoms with van der Waals surface area (Å²) >= 11 is 1.56. The zero-order valence-corrected chi connectivity index (χ0v) is 17.0. The van der Waals surface area contributed by atoms with Crippen molar-refractivity contribution in [1.82, 2.24) is 14.9 Å². The third-order valence-corrected chi connectivity index (χ3v) is 4.86. The minimum atomic E-state index is -0.158. The maximum atomic E-state index is 12.5. The van der Waals surface area contributed by atoms with E-state index in [0.717, 1.165) is 16.4 Å². The summed E-state index contributed by atoms with van der Waals surface area (Å²) in [4.78, 5) is 16.8. The molecule has 0 aliphatic rings. The molecule has 0 atom stereocenters. The van der Waals surface area contributed by atoms with Gasteiger partial charge in [-0.1, -0.05) is 23.7 Å². The molecule has 0 bridgehead atoms. The van der Waals surface area contributed by atoms with E-state index in [1.165, 1.54) is 0 Å². The van der Waals surface area contributed by atoms with Crippen LogP contribution in [0.3, 0.4) is 0 Å². The molecule has 148 valence electrons. The van der Waals surface area contributed by atoms with Crippen LogP contribution in [0, 0.1) is 12.3 Å². The van der Waals surface area contributed by atoms with Gasteiger partial charge in [0.25, 0.3) is 5.91 Å². The molecule has 1 heterocycles. The second-order valence-corrected chi connectivity index (χ2v) is 6.76. The maximum absolute atomic E-state index is 12.5. The van der Waals surface area contributed by atoms with Crippen molar-refractivity contribution in [2.24, 2.45) is 0 Å². The van der Waals surface area contributed by atoms with E-state index in [0.29, 0.717) is 23.6 Å². The average molecular weight is 407 g/mol. The first-order valence-corrected chi connectivity index (χ1v) is 10.1. The van der Waals surface area contributed by atoms with Gasteiger partial charge in [0.15, 0.2) is 16.7 Å². The van der Waals surface area contributed by atoms with Crippen molar-refractivity contribution in [2.75, 3.05) is 20.0 Å². The fraction of sp³-hybridized carbons (Fsp3) is 0.182. The molecule has 0 aliphatic heterocycles. The van der Waals surface area contributed by atoms with Gasteiger partial charge in [0.05, 0.1) is 7.11 Å². The third kappa shape index (κ3) is 4.92. The first-order valence-electron chi connectivity index (χ1n) is 8.85. The van der Waals surface area contributed by atoms with E-state index in [-0.39, 0.29) is 12.5 Å². The Morgan fingerprint density at radius 1 is 1.24 bits per heavy atom. The summed E-state index contributed by atoms with van der Waals surface area (Å²) in [6.45, 7) is 0.503. The molecule has 29 heavy (non-hydrogen) atoms. The molecule has 0 radical (unpaired) electrons. The van der Waals surface area contributed by atoms with Crippen LogP contribution < -0.4 is 14.8 Å². The molecule has 1 aromatic heterocycles. The van der Waals surface area contributed by atoms with E-state index >= 15 is 0 Å². The van der Waals surface area contributed by atoms with Gasteiger partial charge in [0.1, 0.15) is 6.61 Å². The number of terminal acetylenes is 1. The minimum absolute atomic E-state index is 0.147. The molecule has 0 fully saturated rings. The lowest BCUT2D eigenvalue weighted by Crippen LogP contribution is -2.22. The zero-order valence-electron chi connectivity index (χ0n) is 16.2. The molecule has 0 spiro atoms. The van der Waals surface area contributed by atoms with E-state index in [9.17, 15) is 4.79 Å². The van der Waals surface area contributed by atoms with Gasteiger partial charge in [-0.25, -0.2) is 4.98 Å². The number of ether oxygens (including phenoxy) is 2. The van der Waals surface area contributed by atoms with Gasteiger partial charge >= 0.3 is 0 Å². The van der Waals surface area contributed by atoms with Gasteiger partial charge in [-0.3, -0.25) is 9.36 Å². The molecule has 0 unspecified atom stereocenters. The number of carbonyl (C=O) groups excluding carboxylic acids is 1. The first-order chi connectivity index (χ1) is 14.2.